The number of carbonyl (C=O) groups excluding carboxylic acids is 1. The number of rotatable bonds is 12. The zero-order valence-corrected chi connectivity index (χ0v) is 22.4. The van der Waals surface area contributed by atoms with Crippen LogP contribution in [0.5, 0.6) is 0 Å². The molecule has 0 bridgehead atoms. The average Bonchev–Trinajstić information content (AvgIpc) is 2.95. The molecule has 4 aromatic rings. The van der Waals surface area contributed by atoms with Gasteiger partial charge in [0.2, 0.25) is 0 Å². The zero-order valence-electron chi connectivity index (χ0n) is 22.4. The monoisotopic (exact) mass is 506 g/mol. The summed E-state index contributed by atoms with van der Waals surface area (Å²) in [5, 5.41) is 6.55. The quantitative estimate of drug-likeness (QED) is 0.222. The number of carbonyl (C=O) groups is 1. The number of nitrogens with one attached hydrogen (secondary N) is 2. The third-order valence-corrected chi connectivity index (χ3v) is 6.51. The van der Waals surface area contributed by atoms with Crippen molar-refractivity contribution in [3.8, 4) is 11.1 Å². The fourth-order valence-corrected chi connectivity index (χ4v) is 4.25. The lowest BCUT2D eigenvalue weighted by molar-refractivity contribution is 0.202. The van der Waals surface area contributed by atoms with Crippen LogP contribution in [0.25, 0.3) is 11.1 Å². The molecule has 4 rings (SSSR count). The van der Waals surface area contributed by atoms with Gasteiger partial charge in [0.05, 0.1) is 0 Å². The molecular weight excluding hydrogens is 468 g/mol. The van der Waals surface area contributed by atoms with Crippen LogP contribution >= 0.6 is 0 Å². The van der Waals surface area contributed by atoms with Crippen molar-refractivity contribution in [1.29, 1.82) is 0 Å². The second-order valence-corrected chi connectivity index (χ2v) is 9.83. The van der Waals surface area contributed by atoms with E-state index in [-0.39, 0.29) is 6.03 Å². The summed E-state index contributed by atoms with van der Waals surface area (Å²) in [7, 11) is 4.04. The number of benzene rings is 4. The number of hydrogen-bond acceptors (Lipinski definition) is 3. The predicted molar refractivity (Wildman–Crippen MR) is 158 cm³/mol. The van der Waals surface area contributed by atoms with Crippen molar-refractivity contribution in [3.05, 3.63) is 126 Å². The fraction of sp³-hybridized carbons (Fsp3) is 0.242. The molecule has 38 heavy (non-hydrogen) atoms. The molecule has 0 saturated heterocycles. The van der Waals surface area contributed by atoms with Crippen molar-refractivity contribution in [2.75, 3.05) is 39.0 Å². The Morgan fingerprint density at radius 2 is 1.24 bits per heavy atom. The maximum absolute atomic E-state index is 13.0. The van der Waals surface area contributed by atoms with E-state index in [1.54, 1.807) is 0 Å². The number of hydrogen-bond donors (Lipinski definition) is 2. The molecule has 0 heterocycles. The molecule has 0 atom stereocenters. The number of nitrogens with zero attached hydrogens (tertiary/aromatic N) is 2. The first kappa shape index (κ1) is 27.1. The molecule has 2 amide bonds. The summed E-state index contributed by atoms with van der Waals surface area (Å²) < 4.78 is 0. The topological polar surface area (TPSA) is 47.6 Å². The van der Waals surface area contributed by atoms with Crippen LogP contribution in [0.15, 0.2) is 109 Å². The molecular formula is C33H38N4O. The Morgan fingerprint density at radius 3 is 1.84 bits per heavy atom. The Bertz CT molecular complexity index is 1240. The van der Waals surface area contributed by atoms with E-state index in [1.807, 2.05) is 49.3 Å². The van der Waals surface area contributed by atoms with Gasteiger partial charge >= 0.3 is 6.03 Å². The van der Waals surface area contributed by atoms with Crippen molar-refractivity contribution in [3.63, 3.8) is 0 Å². The van der Waals surface area contributed by atoms with E-state index in [0.717, 1.165) is 37.3 Å². The van der Waals surface area contributed by atoms with Crippen molar-refractivity contribution in [2.45, 2.75) is 19.5 Å². The maximum atomic E-state index is 13.0. The molecule has 0 aliphatic heterocycles. The van der Waals surface area contributed by atoms with Crippen LogP contribution in [0.1, 0.15) is 16.7 Å². The van der Waals surface area contributed by atoms with E-state index in [2.05, 4.69) is 94.4 Å². The first-order valence-electron chi connectivity index (χ1n) is 13.3. The van der Waals surface area contributed by atoms with E-state index in [1.165, 1.54) is 22.3 Å². The summed E-state index contributed by atoms with van der Waals surface area (Å²) in [5.74, 6) is 0. The average molecular weight is 507 g/mol. The van der Waals surface area contributed by atoms with Crippen LogP contribution in [-0.4, -0.2) is 49.6 Å². The highest BCUT2D eigenvalue weighted by molar-refractivity contribution is 5.89. The van der Waals surface area contributed by atoms with Gasteiger partial charge in [0.1, 0.15) is 0 Å². The van der Waals surface area contributed by atoms with E-state index in [0.29, 0.717) is 13.1 Å². The largest absolute Gasteiger partial charge is 0.322 e. The highest BCUT2D eigenvalue weighted by Gasteiger charge is 2.15. The van der Waals surface area contributed by atoms with E-state index < -0.39 is 0 Å². The molecule has 0 aromatic heterocycles. The minimum atomic E-state index is -0.0879. The minimum Gasteiger partial charge on any atom is -0.319 e. The Kier molecular flexibility index (Phi) is 10.1. The Morgan fingerprint density at radius 1 is 0.658 bits per heavy atom. The SMILES string of the molecule is CN(C)CCN(Cc1ccc(-c2ccc(CNCCc3ccccc3)cc2)cc1)C(=O)Nc1ccccc1. The number of para-hydroxylation sites is 1. The van der Waals surface area contributed by atoms with E-state index in [4.69, 9.17) is 0 Å². The summed E-state index contributed by atoms with van der Waals surface area (Å²) in [6.07, 6.45) is 1.03. The summed E-state index contributed by atoms with van der Waals surface area (Å²) >= 11 is 0. The van der Waals surface area contributed by atoms with Crippen LogP contribution < -0.4 is 10.6 Å². The number of urea groups is 1. The Hall–Kier alpha value is -3.93. The summed E-state index contributed by atoms with van der Waals surface area (Å²) in [5.41, 5.74) is 6.91. The molecule has 5 heteroatoms. The number of amides is 2. The zero-order chi connectivity index (χ0) is 26.6. The maximum Gasteiger partial charge on any atom is 0.322 e. The molecule has 0 saturated carbocycles. The molecule has 0 aliphatic rings. The van der Waals surface area contributed by atoms with Gasteiger partial charge in [-0.3, -0.25) is 0 Å². The van der Waals surface area contributed by atoms with Crippen molar-refractivity contribution >= 4 is 11.7 Å². The molecule has 4 aromatic carbocycles. The van der Waals surface area contributed by atoms with E-state index in [9.17, 15) is 4.79 Å². The van der Waals surface area contributed by atoms with Gasteiger partial charge in [-0.1, -0.05) is 97.1 Å². The summed E-state index contributed by atoms with van der Waals surface area (Å²) in [4.78, 5) is 17.0. The Balaban J connectivity index is 1.31. The molecule has 0 unspecified atom stereocenters. The van der Waals surface area contributed by atoms with Crippen molar-refractivity contribution < 1.29 is 4.79 Å². The fourth-order valence-electron chi connectivity index (χ4n) is 4.25. The predicted octanol–water partition coefficient (Wildman–Crippen LogP) is 6.28. The molecule has 5 nitrogen and oxygen atoms in total. The van der Waals surface area contributed by atoms with Crippen LogP contribution in [0.3, 0.4) is 0 Å². The summed E-state index contributed by atoms with van der Waals surface area (Å²) in [6.45, 7) is 3.82. The van der Waals surface area contributed by atoms with Gasteiger partial charge in [-0.2, -0.15) is 0 Å². The second-order valence-electron chi connectivity index (χ2n) is 9.83. The summed E-state index contributed by atoms with van der Waals surface area (Å²) in [6, 6.07) is 37.3. The van der Waals surface area contributed by atoms with Gasteiger partial charge in [0.15, 0.2) is 0 Å². The first-order chi connectivity index (χ1) is 18.6. The molecule has 2 N–H and O–H groups in total. The second kappa shape index (κ2) is 14.1. The van der Waals surface area contributed by atoms with Gasteiger partial charge in [-0.25, -0.2) is 4.79 Å². The Labute approximate surface area is 227 Å². The normalized spacial score (nSPS) is 10.9. The van der Waals surface area contributed by atoms with Gasteiger partial charge in [-0.05, 0) is 67.0 Å². The van der Waals surface area contributed by atoms with E-state index >= 15 is 0 Å². The third-order valence-electron chi connectivity index (χ3n) is 6.51. The lowest BCUT2D eigenvalue weighted by Gasteiger charge is -2.25. The van der Waals surface area contributed by atoms with Gasteiger partial charge in [0, 0.05) is 31.9 Å². The molecule has 0 spiro atoms. The number of likely N-dealkylation sites (N-methyl/N-ethyl adjacent to an activating group) is 1. The van der Waals surface area contributed by atoms with Crippen LogP contribution in [0, 0.1) is 0 Å². The highest BCUT2D eigenvalue weighted by Crippen LogP contribution is 2.21. The van der Waals surface area contributed by atoms with Crippen molar-refractivity contribution in [2.24, 2.45) is 0 Å². The lowest BCUT2D eigenvalue weighted by atomic mass is 10.0. The van der Waals surface area contributed by atoms with Crippen LogP contribution in [0.2, 0.25) is 0 Å². The van der Waals surface area contributed by atoms with Gasteiger partial charge in [0.25, 0.3) is 0 Å². The van der Waals surface area contributed by atoms with Gasteiger partial charge < -0.3 is 20.4 Å². The van der Waals surface area contributed by atoms with Gasteiger partial charge in [-0.15, -0.1) is 0 Å². The first-order valence-corrected chi connectivity index (χ1v) is 13.3. The molecule has 0 aliphatic carbocycles. The smallest absolute Gasteiger partial charge is 0.319 e. The molecule has 196 valence electrons. The lowest BCUT2D eigenvalue weighted by Crippen LogP contribution is -2.39. The van der Waals surface area contributed by atoms with Crippen LogP contribution in [-0.2, 0) is 19.5 Å². The minimum absolute atomic E-state index is 0.0879. The molecule has 0 fully saturated rings. The molecule has 0 radical (unpaired) electrons. The highest BCUT2D eigenvalue weighted by atomic mass is 16.2. The van der Waals surface area contributed by atoms with Crippen LogP contribution in [0.4, 0.5) is 10.5 Å². The number of anilines is 1. The van der Waals surface area contributed by atoms with Crippen molar-refractivity contribution in [1.82, 2.24) is 15.1 Å². The standard InChI is InChI=1S/C33H38N4O/c1-36(2)23-24-37(33(38)35-32-11-7-4-8-12-32)26-29-15-19-31(20-16-29)30-17-13-28(14-18-30)25-34-22-21-27-9-5-3-6-10-27/h3-20,34H,21-26H2,1-2H3,(H,35,38). The third kappa shape index (κ3) is 8.58.